The number of alkyl halides is 1. The molecular weight excluding hydrogens is 146 g/mol. The van der Waals surface area contributed by atoms with Crippen molar-refractivity contribution in [3.63, 3.8) is 0 Å². The highest BCUT2D eigenvalue weighted by Gasteiger charge is 1.97. The van der Waals surface area contributed by atoms with Crippen LogP contribution in [-0.2, 0) is 0 Å². The van der Waals surface area contributed by atoms with Crippen LogP contribution >= 0.6 is 0 Å². The van der Waals surface area contributed by atoms with Crippen LogP contribution in [0.5, 0.6) is 0 Å². The van der Waals surface area contributed by atoms with Crippen molar-refractivity contribution in [2.24, 2.45) is 0 Å². The molecule has 1 rings (SSSR count). The Morgan fingerprint density at radius 2 is 1.55 bits per heavy atom. The van der Waals surface area contributed by atoms with E-state index < -0.39 is 6.07 Å². The average molecular weight is 156 g/mol. The topological polar surface area (TPSA) is 63.0 Å². The molecule has 1 aromatic rings. The van der Waals surface area contributed by atoms with Gasteiger partial charge in [-0.3, -0.25) is 4.39 Å². The van der Waals surface area contributed by atoms with Gasteiger partial charge in [0, 0.05) is 0 Å². The number of halogens is 1. The van der Waals surface area contributed by atoms with E-state index in [-0.39, 0.29) is 11.0 Å². The highest BCUT2D eigenvalue weighted by atomic mass is 19.1. The number of benzene rings is 1. The van der Waals surface area contributed by atoms with Gasteiger partial charge in [0.1, 0.15) is 7.85 Å². The fraction of sp³-hybridized carbons (Fsp3) is 0.143. The van der Waals surface area contributed by atoms with Crippen LogP contribution in [0.3, 0.4) is 0 Å². The van der Waals surface area contributed by atoms with E-state index in [0.29, 0.717) is 5.56 Å². The van der Waals surface area contributed by atoms with Gasteiger partial charge in [-0.2, -0.15) is 0 Å². The largest absolute Gasteiger partial charge is 0.412 e. The minimum atomic E-state index is -1.34. The predicted molar refractivity (Wildman–Crippen MR) is 43.3 cm³/mol. The smallest absolute Gasteiger partial charge is 0.123 e. The van der Waals surface area contributed by atoms with E-state index in [1.54, 1.807) is 24.3 Å². The zero-order chi connectivity index (χ0) is 6.69. The molecule has 0 aliphatic rings. The van der Waals surface area contributed by atoms with Crippen molar-refractivity contribution in [2.45, 2.75) is 6.07 Å². The molecule has 1 unspecified atom stereocenters. The summed E-state index contributed by atoms with van der Waals surface area (Å²) < 4.78 is 12.2. The van der Waals surface area contributed by atoms with Crippen LogP contribution in [0.4, 0.5) is 4.39 Å². The zero-order valence-electron chi connectivity index (χ0n) is 5.92. The van der Waals surface area contributed by atoms with Crippen molar-refractivity contribution < 1.29 is 15.3 Å². The lowest BCUT2D eigenvalue weighted by molar-refractivity contribution is 0.459. The first-order chi connectivity index (χ1) is 4.30. The average Bonchev–Trinajstić information content (AvgIpc) is 1.90. The Morgan fingerprint density at radius 3 is 1.82 bits per heavy atom. The molecule has 2 nitrogen and oxygen atoms in total. The Morgan fingerprint density at radius 1 is 1.09 bits per heavy atom. The Hall–Kier alpha value is -0.865. The molecule has 0 amide bonds. The molecule has 0 saturated heterocycles. The van der Waals surface area contributed by atoms with Crippen LogP contribution in [0.15, 0.2) is 30.3 Å². The molecule has 0 bridgehead atoms. The lowest BCUT2D eigenvalue weighted by Gasteiger charge is -1.98. The van der Waals surface area contributed by atoms with Gasteiger partial charge in [-0.25, -0.2) is 0 Å². The van der Waals surface area contributed by atoms with E-state index in [2.05, 4.69) is 0 Å². The minimum Gasteiger partial charge on any atom is -0.412 e. The highest BCUT2D eigenvalue weighted by molar-refractivity contribution is 6.11. The molecule has 1 atom stereocenters. The molecule has 2 radical (unpaired) electrons. The summed E-state index contributed by atoms with van der Waals surface area (Å²) in [6.07, 6.45) is -1.34. The molecule has 0 fully saturated rings. The Kier molecular flexibility index (Phi) is 6.84. The van der Waals surface area contributed by atoms with E-state index in [4.69, 9.17) is 7.85 Å². The van der Waals surface area contributed by atoms with Gasteiger partial charge < -0.3 is 11.0 Å². The normalized spacial score (nSPS) is 10.6. The Bertz CT molecular complexity index is 179. The van der Waals surface area contributed by atoms with Crippen molar-refractivity contribution in [3.8, 4) is 0 Å². The van der Waals surface area contributed by atoms with Crippen LogP contribution < -0.4 is 0 Å². The summed E-state index contributed by atoms with van der Waals surface area (Å²) in [6, 6.07) is 8.66. The fourth-order valence-electron chi connectivity index (χ4n) is 0.637. The molecule has 0 aromatic heterocycles. The third-order valence-electron chi connectivity index (χ3n) is 1.12. The molecular formula is C7H10BFO2. The van der Waals surface area contributed by atoms with Gasteiger partial charge in [0.2, 0.25) is 0 Å². The molecule has 0 heterocycles. The highest BCUT2D eigenvalue weighted by Crippen LogP contribution is 2.10. The van der Waals surface area contributed by atoms with E-state index in [0.717, 1.165) is 0 Å². The zero-order valence-corrected chi connectivity index (χ0v) is 5.92. The van der Waals surface area contributed by atoms with Crippen LogP contribution in [-0.4, -0.2) is 18.8 Å². The first-order valence-electron chi connectivity index (χ1n) is 2.75. The number of rotatable bonds is 1. The minimum absolute atomic E-state index is 0. The van der Waals surface area contributed by atoms with Crippen molar-refractivity contribution in [2.75, 3.05) is 0 Å². The van der Waals surface area contributed by atoms with Crippen molar-refractivity contribution >= 4 is 7.85 Å². The van der Waals surface area contributed by atoms with E-state index >= 15 is 0 Å². The van der Waals surface area contributed by atoms with Crippen molar-refractivity contribution in [1.82, 2.24) is 0 Å². The molecule has 4 N–H and O–H groups in total. The first kappa shape index (κ1) is 12.8. The van der Waals surface area contributed by atoms with Gasteiger partial charge in [-0.05, 0) is 5.56 Å². The van der Waals surface area contributed by atoms with Crippen molar-refractivity contribution in [1.29, 1.82) is 0 Å². The maximum Gasteiger partial charge on any atom is 0.123 e. The third-order valence-corrected chi connectivity index (χ3v) is 1.12. The summed E-state index contributed by atoms with van der Waals surface area (Å²) in [5.74, 6) is 0. The lowest BCUT2D eigenvalue weighted by Crippen LogP contribution is -1.87. The summed E-state index contributed by atoms with van der Waals surface area (Å²) in [5.41, 5.74) is 0.525. The molecule has 0 aliphatic heterocycles. The Balaban J connectivity index is 0. The van der Waals surface area contributed by atoms with E-state index in [1.165, 1.54) is 0 Å². The molecule has 0 saturated carbocycles. The number of hydrogen-bond acceptors (Lipinski definition) is 0. The van der Waals surface area contributed by atoms with Gasteiger partial charge in [-0.15, -0.1) is 0 Å². The van der Waals surface area contributed by atoms with Crippen LogP contribution in [0.2, 0.25) is 0 Å². The SMILES string of the molecule is O.O.[B]C(F)c1ccccc1. The van der Waals surface area contributed by atoms with Crippen molar-refractivity contribution in [3.05, 3.63) is 35.9 Å². The van der Waals surface area contributed by atoms with E-state index in [9.17, 15) is 4.39 Å². The summed E-state index contributed by atoms with van der Waals surface area (Å²) >= 11 is 0. The standard InChI is InChI=1S/C7H6BF.2H2O/c8-7(9)6-4-2-1-3-5-6;;/h1-5,7H;2*1H2. The second-order valence-corrected chi connectivity index (χ2v) is 1.81. The second kappa shape index (κ2) is 5.89. The summed E-state index contributed by atoms with van der Waals surface area (Å²) in [6.45, 7) is 0. The molecule has 1 aromatic carbocycles. The predicted octanol–water partition coefficient (Wildman–Crippen LogP) is 0.174. The van der Waals surface area contributed by atoms with Gasteiger partial charge in [0.15, 0.2) is 0 Å². The van der Waals surface area contributed by atoms with Gasteiger partial charge in [0.25, 0.3) is 0 Å². The third kappa shape index (κ3) is 3.75. The van der Waals surface area contributed by atoms with Crippen LogP contribution in [0.1, 0.15) is 11.6 Å². The number of hydrogen-bond donors (Lipinski definition) is 0. The maximum atomic E-state index is 12.2. The second-order valence-electron chi connectivity index (χ2n) is 1.81. The molecule has 4 heteroatoms. The van der Waals surface area contributed by atoms with E-state index in [1.807, 2.05) is 6.07 Å². The van der Waals surface area contributed by atoms with Gasteiger partial charge in [0.05, 0.1) is 6.07 Å². The Labute approximate surface area is 66.1 Å². The maximum absolute atomic E-state index is 12.2. The summed E-state index contributed by atoms with van der Waals surface area (Å²) in [4.78, 5) is 0. The van der Waals surface area contributed by atoms with Crippen LogP contribution in [0.25, 0.3) is 0 Å². The lowest BCUT2D eigenvalue weighted by atomic mass is 9.94. The van der Waals surface area contributed by atoms with Crippen LogP contribution in [0, 0.1) is 0 Å². The quantitative estimate of drug-likeness (QED) is 0.520. The fourth-order valence-corrected chi connectivity index (χ4v) is 0.637. The summed E-state index contributed by atoms with van der Waals surface area (Å²) in [5, 5.41) is 0. The molecule has 60 valence electrons. The molecule has 11 heavy (non-hydrogen) atoms. The summed E-state index contributed by atoms with van der Waals surface area (Å²) in [7, 11) is 4.95. The molecule has 0 spiro atoms. The first-order valence-corrected chi connectivity index (χ1v) is 2.75. The van der Waals surface area contributed by atoms with Gasteiger partial charge in [-0.1, -0.05) is 30.3 Å². The molecule has 0 aliphatic carbocycles. The van der Waals surface area contributed by atoms with Gasteiger partial charge >= 0.3 is 0 Å². The monoisotopic (exact) mass is 156 g/mol.